The van der Waals surface area contributed by atoms with Gasteiger partial charge in [-0.15, -0.1) is 0 Å². The maximum absolute atomic E-state index is 12.2. The predicted molar refractivity (Wildman–Crippen MR) is 126 cm³/mol. The predicted octanol–water partition coefficient (Wildman–Crippen LogP) is 4.40. The summed E-state index contributed by atoms with van der Waals surface area (Å²) in [6.07, 6.45) is 5.61. The SMILES string of the molecule is CC1=CC(C)(C)N(C)c2ccc(/C=N\NC(=O)COc3cccc4cccnc34)cc21. The number of rotatable bonds is 5. The number of pyridine rings is 1. The lowest BCUT2D eigenvalue weighted by atomic mass is 9.89. The molecular weight excluding hydrogens is 388 g/mol. The molecule has 158 valence electrons. The van der Waals surface area contributed by atoms with E-state index in [1.165, 1.54) is 16.8 Å². The summed E-state index contributed by atoms with van der Waals surface area (Å²) >= 11 is 0. The molecule has 1 aliphatic rings. The smallest absolute Gasteiger partial charge is 0.277 e. The maximum Gasteiger partial charge on any atom is 0.277 e. The highest BCUT2D eigenvalue weighted by molar-refractivity contribution is 5.89. The second-order valence-corrected chi connectivity index (χ2v) is 8.23. The highest BCUT2D eigenvalue weighted by atomic mass is 16.5. The van der Waals surface area contributed by atoms with Gasteiger partial charge >= 0.3 is 0 Å². The van der Waals surface area contributed by atoms with Crippen molar-refractivity contribution in [2.45, 2.75) is 26.3 Å². The Balaban J connectivity index is 1.39. The number of likely N-dealkylation sites (N-methyl/N-ethyl adjacent to an activating group) is 1. The third kappa shape index (κ3) is 4.28. The number of allylic oxidation sites excluding steroid dienone is 1. The van der Waals surface area contributed by atoms with E-state index in [4.69, 9.17) is 4.74 Å². The fourth-order valence-electron chi connectivity index (χ4n) is 3.80. The van der Waals surface area contributed by atoms with Gasteiger partial charge in [-0.05, 0) is 56.2 Å². The molecule has 3 aromatic rings. The molecule has 6 nitrogen and oxygen atoms in total. The number of hydrazone groups is 1. The largest absolute Gasteiger partial charge is 0.481 e. The summed E-state index contributed by atoms with van der Waals surface area (Å²) in [6.45, 7) is 6.37. The molecule has 6 heteroatoms. The topological polar surface area (TPSA) is 66.8 Å². The number of ether oxygens (including phenoxy) is 1. The van der Waals surface area contributed by atoms with Gasteiger partial charge in [-0.2, -0.15) is 5.10 Å². The Hall–Kier alpha value is -3.67. The number of benzene rings is 2. The number of nitrogens with one attached hydrogen (secondary N) is 1. The Morgan fingerprint density at radius 3 is 2.87 bits per heavy atom. The molecule has 0 atom stereocenters. The average molecular weight is 415 g/mol. The first-order valence-electron chi connectivity index (χ1n) is 10.2. The quantitative estimate of drug-likeness (QED) is 0.497. The molecule has 1 N–H and O–H groups in total. The molecule has 31 heavy (non-hydrogen) atoms. The zero-order valence-corrected chi connectivity index (χ0v) is 18.2. The minimum atomic E-state index is -0.334. The third-order valence-electron chi connectivity index (χ3n) is 5.60. The van der Waals surface area contributed by atoms with Crippen LogP contribution in [0.2, 0.25) is 0 Å². The van der Waals surface area contributed by atoms with Crippen molar-refractivity contribution in [3.8, 4) is 5.75 Å². The van der Waals surface area contributed by atoms with E-state index >= 15 is 0 Å². The van der Waals surface area contributed by atoms with E-state index in [1.54, 1.807) is 18.5 Å². The van der Waals surface area contributed by atoms with E-state index < -0.39 is 0 Å². The van der Waals surface area contributed by atoms with Crippen LogP contribution in [-0.2, 0) is 4.79 Å². The Morgan fingerprint density at radius 2 is 2.03 bits per heavy atom. The minimum absolute atomic E-state index is 0.0275. The van der Waals surface area contributed by atoms with Crippen LogP contribution in [0.1, 0.15) is 31.9 Å². The Kier molecular flexibility index (Phi) is 5.46. The summed E-state index contributed by atoms with van der Waals surface area (Å²) in [7, 11) is 2.10. The second-order valence-electron chi connectivity index (χ2n) is 8.23. The third-order valence-corrected chi connectivity index (χ3v) is 5.60. The first-order chi connectivity index (χ1) is 14.8. The normalized spacial score (nSPS) is 15.0. The van der Waals surface area contributed by atoms with Crippen molar-refractivity contribution in [3.05, 3.63) is 71.9 Å². The van der Waals surface area contributed by atoms with Crippen LogP contribution in [0.5, 0.6) is 5.75 Å². The van der Waals surface area contributed by atoms with Crippen molar-refractivity contribution in [2.75, 3.05) is 18.6 Å². The van der Waals surface area contributed by atoms with Gasteiger partial charge in [-0.25, -0.2) is 5.43 Å². The van der Waals surface area contributed by atoms with Crippen molar-refractivity contribution in [3.63, 3.8) is 0 Å². The van der Waals surface area contributed by atoms with Crippen molar-refractivity contribution in [1.82, 2.24) is 10.4 Å². The molecule has 2 aromatic carbocycles. The van der Waals surface area contributed by atoms with Crippen molar-refractivity contribution in [1.29, 1.82) is 0 Å². The van der Waals surface area contributed by atoms with Crippen LogP contribution in [0.3, 0.4) is 0 Å². The number of nitrogens with zero attached hydrogens (tertiary/aromatic N) is 3. The molecule has 0 unspecified atom stereocenters. The lowest BCUT2D eigenvalue weighted by Gasteiger charge is -2.40. The van der Waals surface area contributed by atoms with E-state index in [1.807, 2.05) is 30.3 Å². The van der Waals surface area contributed by atoms with Gasteiger partial charge in [0.05, 0.1) is 11.8 Å². The number of amides is 1. The molecule has 0 spiro atoms. The monoisotopic (exact) mass is 414 g/mol. The molecular formula is C25H26N4O2. The molecule has 0 aliphatic carbocycles. The van der Waals surface area contributed by atoms with Gasteiger partial charge in [0, 0.05) is 29.9 Å². The molecule has 0 saturated heterocycles. The van der Waals surface area contributed by atoms with E-state index in [-0.39, 0.29) is 18.1 Å². The first kappa shape index (κ1) is 20.6. The van der Waals surface area contributed by atoms with E-state index in [0.717, 1.165) is 16.5 Å². The summed E-state index contributed by atoms with van der Waals surface area (Å²) in [5.74, 6) is 0.237. The number of carbonyl (C=O) groups excluding carboxylic acids is 1. The first-order valence-corrected chi connectivity index (χ1v) is 10.2. The average Bonchev–Trinajstić information content (AvgIpc) is 2.76. The molecule has 0 radical (unpaired) electrons. The van der Waals surface area contributed by atoms with Crippen LogP contribution < -0.4 is 15.1 Å². The molecule has 1 amide bonds. The number of carbonyl (C=O) groups is 1. The number of para-hydroxylation sites is 1. The van der Waals surface area contributed by atoms with Gasteiger partial charge in [0.25, 0.3) is 5.91 Å². The molecule has 0 fully saturated rings. The number of hydrogen-bond donors (Lipinski definition) is 1. The lowest BCUT2D eigenvalue weighted by molar-refractivity contribution is -0.123. The zero-order valence-electron chi connectivity index (χ0n) is 18.2. The highest BCUT2D eigenvalue weighted by Crippen LogP contribution is 2.37. The molecule has 1 aliphatic heterocycles. The van der Waals surface area contributed by atoms with E-state index in [9.17, 15) is 4.79 Å². The van der Waals surface area contributed by atoms with Crippen molar-refractivity contribution < 1.29 is 9.53 Å². The Morgan fingerprint density at radius 1 is 1.23 bits per heavy atom. The summed E-state index contributed by atoms with van der Waals surface area (Å²) in [4.78, 5) is 18.7. The maximum atomic E-state index is 12.2. The molecule has 0 bridgehead atoms. The molecule has 0 saturated carbocycles. The van der Waals surface area contributed by atoms with Crippen LogP contribution >= 0.6 is 0 Å². The van der Waals surface area contributed by atoms with E-state index in [2.05, 4.69) is 66.4 Å². The van der Waals surface area contributed by atoms with Crippen LogP contribution in [0, 0.1) is 0 Å². The van der Waals surface area contributed by atoms with Crippen LogP contribution in [-0.4, -0.2) is 36.3 Å². The van der Waals surface area contributed by atoms with Gasteiger partial charge in [0.15, 0.2) is 6.61 Å². The van der Waals surface area contributed by atoms with Crippen molar-refractivity contribution in [2.24, 2.45) is 5.10 Å². The number of hydrogen-bond acceptors (Lipinski definition) is 5. The summed E-state index contributed by atoms with van der Waals surface area (Å²) < 4.78 is 5.64. The summed E-state index contributed by atoms with van der Waals surface area (Å²) in [5.41, 5.74) is 7.72. The minimum Gasteiger partial charge on any atom is -0.481 e. The van der Waals surface area contributed by atoms with Gasteiger partial charge in [0.2, 0.25) is 0 Å². The van der Waals surface area contributed by atoms with E-state index in [0.29, 0.717) is 5.75 Å². The second kappa shape index (κ2) is 8.22. The number of fused-ring (bicyclic) bond motifs is 2. The highest BCUT2D eigenvalue weighted by Gasteiger charge is 2.28. The number of anilines is 1. The van der Waals surface area contributed by atoms with Crippen LogP contribution in [0.4, 0.5) is 5.69 Å². The fraction of sp³-hybridized carbons (Fsp3) is 0.240. The zero-order chi connectivity index (χ0) is 22.0. The Bertz CT molecular complexity index is 1190. The van der Waals surface area contributed by atoms with Gasteiger partial charge < -0.3 is 9.64 Å². The summed E-state index contributed by atoms with van der Waals surface area (Å²) in [5, 5.41) is 5.05. The molecule has 1 aromatic heterocycles. The molecule has 2 heterocycles. The fourth-order valence-corrected chi connectivity index (χ4v) is 3.80. The van der Waals surface area contributed by atoms with Gasteiger partial charge in [-0.3, -0.25) is 9.78 Å². The Labute approximate surface area is 182 Å². The molecule has 4 rings (SSSR count). The van der Waals surface area contributed by atoms with Gasteiger partial charge in [0.1, 0.15) is 11.3 Å². The number of aromatic nitrogens is 1. The standard InChI is InChI=1S/C25H26N4O2/c1-17-14-25(2,3)29(4)21-11-10-18(13-20(17)21)15-27-28-23(30)16-31-22-9-5-7-19-8-6-12-26-24(19)22/h5-15H,16H2,1-4H3,(H,28,30)/b27-15-. The van der Waals surface area contributed by atoms with Crippen LogP contribution in [0.15, 0.2) is 65.9 Å². The summed E-state index contributed by atoms with van der Waals surface area (Å²) in [6, 6.07) is 15.6. The van der Waals surface area contributed by atoms with Crippen LogP contribution in [0.25, 0.3) is 16.5 Å². The van der Waals surface area contributed by atoms with Crippen molar-refractivity contribution >= 4 is 34.3 Å². The van der Waals surface area contributed by atoms with Gasteiger partial charge in [-0.1, -0.05) is 30.3 Å². The lowest BCUT2D eigenvalue weighted by Crippen LogP contribution is -2.42.